The summed E-state index contributed by atoms with van der Waals surface area (Å²) < 4.78 is 10.3. The van der Waals surface area contributed by atoms with Crippen molar-refractivity contribution in [2.45, 2.75) is 33.0 Å². The Bertz CT molecular complexity index is 320. The van der Waals surface area contributed by atoms with Gasteiger partial charge in [-0.25, -0.2) is 9.97 Å². The summed E-state index contributed by atoms with van der Waals surface area (Å²) in [5.74, 6) is 1.62. The molecule has 0 aromatic carbocycles. The molecule has 0 aliphatic heterocycles. The Hall–Kier alpha value is -1.20. The smallest absolute Gasteiger partial charge is 0.133 e. The van der Waals surface area contributed by atoms with Crippen molar-refractivity contribution in [3.05, 3.63) is 17.6 Å². The second-order valence-electron chi connectivity index (χ2n) is 3.87. The molecule has 0 radical (unpaired) electrons. The van der Waals surface area contributed by atoms with E-state index < -0.39 is 0 Å². The molecule has 0 aliphatic carbocycles. The van der Waals surface area contributed by atoms with E-state index >= 15 is 0 Å². The first-order chi connectivity index (χ1) is 8.19. The van der Waals surface area contributed by atoms with Gasteiger partial charge in [0.25, 0.3) is 0 Å². The molecule has 1 atom stereocenters. The first kappa shape index (κ1) is 13.9. The van der Waals surface area contributed by atoms with Gasteiger partial charge in [0.15, 0.2) is 0 Å². The summed E-state index contributed by atoms with van der Waals surface area (Å²) in [6.07, 6.45) is 0.814. The van der Waals surface area contributed by atoms with Crippen LogP contribution in [0.4, 0.5) is 5.82 Å². The molecule has 1 unspecified atom stereocenters. The van der Waals surface area contributed by atoms with Crippen LogP contribution in [0.25, 0.3) is 0 Å². The molecule has 0 bridgehead atoms. The maximum atomic E-state index is 5.22. The van der Waals surface area contributed by atoms with Crippen LogP contribution in [0.3, 0.4) is 0 Å². The highest BCUT2D eigenvalue weighted by Gasteiger charge is 2.08. The average Bonchev–Trinajstić information content (AvgIpc) is 2.29. The fourth-order valence-corrected chi connectivity index (χ4v) is 1.48. The number of rotatable bonds is 7. The maximum Gasteiger partial charge on any atom is 0.133 e. The van der Waals surface area contributed by atoms with Gasteiger partial charge in [0.1, 0.15) is 11.6 Å². The largest absolute Gasteiger partial charge is 0.381 e. The van der Waals surface area contributed by atoms with Crippen molar-refractivity contribution in [1.82, 2.24) is 9.97 Å². The normalized spacial score (nSPS) is 12.5. The molecule has 0 saturated heterocycles. The van der Waals surface area contributed by atoms with Gasteiger partial charge in [-0.05, 0) is 13.8 Å². The lowest BCUT2D eigenvalue weighted by Gasteiger charge is -2.11. The second kappa shape index (κ2) is 7.19. The fraction of sp³-hybridized carbons (Fsp3) is 0.667. The minimum Gasteiger partial charge on any atom is -0.381 e. The monoisotopic (exact) mass is 239 g/mol. The first-order valence-corrected chi connectivity index (χ1v) is 5.82. The van der Waals surface area contributed by atoms with Crippen LogP contribution in [0.15, 0.2) is 6.07 Å². The highest BCUT2D eigenvalue weighted by molar-refractivity contribution is 5.35. The topological polar surface area (TPSA) is 56.3 Å². The predicted octanol–water partition coefficient (Wildman–Crippen LogP) is 1.63. The molecule has 0 saturated carbocycles. The van der Waals surface area contributed by atoms with E-state index in [4.69, 9.17) is 9.47 Å². The zero-order valence-electron chi connectivity index (χ0n) is 11.0. The molecule has 0 spiro atoms. The number of hydrogen-bond acceptors (Lipinski definition) is 5. The van der Waals surface area contributed by atoms with Gasteiger partial charge >= 0.3 is 0 Å². The molecular formula is C12H21N3O2. The number of nitrogens with one attached hydrogen (secondary N) is 1. The van der Waals surface area contributed by atoms with E-state index in [0.29, 0.717) is 13.0 Å². The van der Waals surface area contributed by atoms with Crippen LogP contribution < -0.4 is 5.32 Å². The summed E-state index contributed by atoms with van der Waals surface area (Å²) in [7, 11) is 3.35. The predicted molar refractivity (Wildman–Crippen MR) is 67.1 cm³/mol. The lowest BCUT2D eigenvalue weighted by Crippen LogP contribution is -2.14. The summed E-state index contributed by atoms with van der Waals surface area (Å²) in [6.45, 7) is 5.37. The van der Waals surface area contributed by atoms with Crippen LogP contribution in [0.5, 0.6) is 0 Å². The van der Waals surface area contributed by atoms with Crippen molar-refractivity contribution < 1.29 is 9.47 Å². The molecule has 5 nitrogen and oxygen atoms in total. The molecule has 0 fully saturated rings. The summed E-state index contributed by atoms with van der Waals surface area (Å²) in [6, 6.07) is 1.91. The molecule has 96 valence electrons. The molecule has 1 rings (SSSR count). The van der Waals surface area contributed by atoms with Gasteiger partial charge in [0.05, 0.1) is 18.4 Å². The Kier molecular flexibility index (Phi) is 5.86. The minimum atomic E-state index is 0.113. The van der Waals surface area contributed by atoms with Crippen LogP contribution in [-0.4, -0.2) is 36.8 Å². The Morgan fingerprint density at radius 2 is 2.12 bits per heavy atom. The van der Waals surface area contributed by atoms with Gasteiger partial charge in [-0.3, -0.25) is 0 Å². The Morgan fingerprint density at radius 3 is 2.71 bits per heavy atom. The second-order valence-corrected chi connectivity index (χ2v) is 3.87. The van der Waals surface area contributed by atoms with E-state index in [-0.39, 0.29) is 6.10 Å². The third kappa shape index (κ3) is 4.66. The molecule has 1 aromatic heterocycles. The van der Waals surface area contributed by atoms with Gasteiger partial charge in [-0.1, -0.05) is 0 Å². The minimum absolute atomic E-state index is 0.113. The van der Waals surface area contributed by atoms with Crippen molar-refractivity contribution in [2.75, 3.05) is 26.1 Å². The SMILES string of the molecule is CCNc1cc(COC)nc(CC(C)OC)n1. The third-order valence-electron chi connectivity index (χ3n) is 2.35. The van der Waals surface area contributed by atoms with E-state index in [2.05, 4.69) is 15.3 Å². The van der Waals surface area contributed by atoms with Crippen LogP contribution in [-0.2, 0) is 22.5 Å². The summed E-state index contributed by atoms with van der Waals surface area (Å²) in [5, 5.41) is 3.19. The highest BCUT2D eigenvalue weighted by atomic mass is 16.5. The van der Waals surface area contributed by atoms with Gasteiger partial charge in [0.2, 0.25) is 0 Å². The van der Waals surface area contributed by atoms with E-state index in [9.17, 15) is 0 Å². The molecule has 1 N–H and O–H groups in total. The Balaban J connectivity index is 2.86. The molecule has 0 aliphatic rings. The zero-order valence-corrected chi connectivity index (χ0v) is 11.0. The lowest BCUT2D eigenvalue weighted by atomic mass is 10.2. The fourth-order valence-electron chi connectivity index (χ4n) is 1.48. The number of hydrogen-bond donors (Lipinski definition) is 1. The van der Waals surface area contributed by atoms with Gasteiger partial charge in [0, 0.05) is 33.3 Å². The molecule has 1 aromatic rings. The van der Waals surface area contributed by atoms with E-state index in [1.54, 1.807) is 14.2 Å². The number of ether oxygens (including phenoxy) is 2. The van der Waals surface area contributed by atoms with Crippen LogP contribution >= 0.6 is 0 Å². The number of methoxy groups -OCH3 is 2. The molecule has 17 heavy (non-hydrogen) atoms. The highest BCUT2D eigenvalue weighted by Crippen LogP contribution is 2.10. The lowest BCUT2D eigenvalue weighted by molar-refractivity contribution is 0.116. The molecule has 5 heteroatoms. The molecular weight excluding hydrogens is 218 g/mol. The third-order valence-corrected chi connectivity index (χ3v) is 2.35. The zero-order chi connectivity index (χ0) is 12.7. The summed E-state index contributed by atoms with van der Waals surface area (Å²) >= 11 is 0. The number of aromatic nitrogens is 2. The number of nitrogens with zero attached hydrogens (tertiary/aromatic N) is 2. The van der Waals surface area contributed by atoms with Gasteiger partial charge < -0.3 is 14.8 Å². The van der Waals surface area contributed by atoms with Crippen LogP contribution in [0.1, 0.15) is 25.4 Å². The maximum absolute atomic E-state index is 5.22. The quantitative estimate of drug-likeness (QED) is 0.783. The summed E-state index contributed by atoms with van der Waals surface area (Å²) in [4.78, 5) is 8.87. The van der Waals surface area contributed by atoms with Crippen molar-refractivity contribution in [1.29, 1.82) is 0 Å². The average molecular weight is 239 g/mol. The number of anilines is 1. The molecule has 0 amide bonds. The van der Waals surface area contributed by atoms with Crippen molar-refractivity contribution in [2.24, 2.45) is 0 Å². The van der Waals surface area contributed by atoms with Gasteiger partial charge in [-0.15, -0.1) is 0 Å². The van der Waals surface area contributed by atoms with Gasteiger partial charge in [-0.2, -0.15) is 0 Å². The Morgan fingerprint density at radius 1 is 1.35 bits per heavy atom. The van der Waals surface area contributed by atoms with Crippen molar-refractivity contribution in [3.63, 3.8) is 0 Å². The van der Waals surface area contributed by atoms with Crippen molar-refractivity contribution in [3.8, 4) is 0 Å². The van der Waals surface area contributed by atoms with E-state index in [1.807, 2.05) is 19.9 Å². The first-order valence-electron chi connectivity index (χ1n) is 5.82. The molecule has 1 heterocycles. The standard InChI is InChI=1S/C12H21N3O2/c1-5-13-11-7-10(8-16-3)14-12(15-11)6-9(2)17-4/h7,9H,5-6,8H2,1-4H3,(H,13,14,15). The van der Waals surface area contributed by atoms with E-state index in [0.717, 1.165) is 23.9 Å². The van der Waals surface area contributed by atoms with Crippen molar-refractivity contribution >= 4 is 5.82 Å². The van der Waals surface area contributed by atoms with Crippen LogP contribution in [0, 0.1) is 0 Å². The van der Waals surface area contributed by atoms with Crippen LogP contribution in [0.2, 0.25) is 0 Å². The van der Waals surface area contributed by atoms with E-state index in [1.165, 1.54) is 0 Å². The summed E-state index contributed by atoms with van der Waals surface area (Å²) in [5.41, 5.74) is 0.886. The Labute approximate surface area is 103 Å².